The van der Waals surface area contributed by atoms with Gasteiger partial charge in [-0.15, -0.1) is 0 Å². The summed E-state index contributed by atoms with van der Waals surface area (Å²) in [5, 5.41) is 27.3. The number of aromatic nitrogens is 2. The number of carbonyl (C=O) groups excluding carboxylic acids is 2. The van der Waals surface area contributed by atoms with Crippen LogP contribution in [0.1, 0.15) is 35.1 Å². The molecule has 0 saturated heterocycles. The van der Waals surface area contributed by atoms with Crippen molar-refractivity contribution in [1.29, 1.82) is 0 Å². The van der Waals surface area contributed by atoms with Gasteiger partial charge in [-0.3, -0.25) is 9.48 Å². The molecule has 0 spiro atoms. The Hall–Kier alpha value is -4.18. The molecule has 0 radical (unpaired) electrons. The largest absolute Gasteiger partial charge is 0.479 e. The van der Waals surface area contributed by atoms with E-state index in [9.17, 15) is 19.5 Å². The monoisotopic (exact) mass is 478 g/mol. The van der Waals surface area contributed by atoms with E-state index in [0.29, 0.717) is 5.56 Å². The Kier molecular flexibility index (Phi) is 7.11. The number of hydrogen-bond acceptors (Lipinski definition) is 6. The molecule has 10 nitrogen and oxygen atoms in total. The number of carboxylic acid groups (broad SMARTS) is 1. The number of nitrogens with one attached hydrogen (secondary N) is 2. The van der Waals surface area contributed by atoms with E-state index < -0.39 is 30.1 Å². The zero-order valence-electron chi connectivity index (χ0n) is 19.0. The van der Waals surface area contributed by atoms with Crippen molar-refractivity contribution >= 4 is 18.0 Å². The second-order valence-corrected chi connectivity index (χ2v) is 8.28. The number of nitrogens with zero attached hydrogens (tertiary/aromatic N) is 2. The summed E-state index contributed by atoms with van der Waals surface area (Å²) in [6, 6.07) is 14.8. The number of ether oxygens (including phenoxy) is 1. The van der Waals surface area contributed by atoms with Crippen molar-refractivity contribution in [3.8, 4) is 11.1 Å². The summed E-state index contributed by atoms with van der Waals surface area (Å²) in [5.74, 6) is -2.08. The van der Waals surface area contributed by atoms with E-state index in [2.05, 4.69) is 15.7 Å². The minimum atomic E-state index is -1.60. The molecular weight excluding hydrogens is 452 g/mol. The number of aryl methyl sites for hydroxylation is 1. The van der Waals surface area contributed by atoms with Crippen LogP contribution in [0.15, 0.2) is 60.9 Å². The Labute approximate surface area is 201 Å². The number of alkyl carbamates (subject to hydrolysis) is 1. The number of amides is 2. The van der Waals surface area contributed by atoms with Gasteiger partial charge in [-0.1, -0.05) is 48.5 Å². The van der Waals surface area contributed by atoms with Crippen LogP contribution >= 0.6 is 0 Å². The van der Waals surface area contributed by atoms with E-state index >= 15 is 0 Å². The highest BCUT2D eigenvalue weighted by atomic mass is 16.5. The molecule has 35 heavy (non-hydrogen) atoms. The summed E-state index contributed by atoms with van der Waals surface area (Å²) in [7, 11) is 1.68. The Morgan fingerprint density at radius 2 is 1.71 bits per heavy atom. The van der Waals surface area contributed by atoms with Crippen molar-refractivity contribution < 1.29 is 29.3 Å². The van der Waals surface area contributed by atoms with Gasteiger partial charge in [0.05, 0.1) is 6.20 Å². The van der Waals surface area contributed by atoms with Crippen LogP contribution in [0, 0.1) is 0 Å². The Morgan fingerprint density at radius 3 is 2.29 bits per heavy atom. The van der Waals surface area contributed by atoms with Gasteiger partial charge in [0.15, 0.2) is 6.10 Å². The van der Waals surface area contributed by atoms with Crippen LogP contribution in [0.3, 0.4) is 0 Å². The van der Waals surface area contributed by atoms with Crippen molar-refractivity contribution in [2.45, 2.75) is 24.5 Å². The Morgan fingerprint density at radius 1 is 1.09 bits per heavy atom. The number of aliphatic carboxylic acids is 1. The highest BCUT2D eigenvalue weighted by Crippen LogP contribution is 2.44. The van der Waals surface area contributed by atoms with E-state index in [-0.39, 0.29) is 25.5 Å². The molecule has 10 heteroatoms. The van der Waals surface area contributed by atoms with Gasteiger partial charge in [-0.25, -0.2) is 9.59 Å². The zero-order chi connectivity index (χ0) is 24.9. The number of carbonyl (C=O) groups is 3. The second-order valence-electron chi connectivity index (χ2n) is 8.28. The molecule has 1 aromatic heterocycles. The number of carboxylic acids is 1. The van der Waals surface area contributed by atoms with Crippen LogP contribution in [0.2, 0.25) is 0 Å². The number of fused-ring (bicyclic) bond motifs is 3. The molecule has 4 rings (SSSR count). The summed E-state index contributed by atoms with van der Waals surface area (Å²) in [4.78, 5) is 36.3. The maximum Gasteiger partial charge on any atom is 0.408 e. The van der Waals surface area contributed by atoms with Crippen LogP contribution in [0.4, 0.5) is 4.79 Å². The third-order valence-corrected chi connectivity index (χ3v) is 5.93. The first-order valence-corrected chi connectivity index (χ1v) is 11.1. The van der Waals surface area contributed by atoms with Crippen LogP contribution in [-0.2, 0) is 21.4 Å². The molecule has 4 N–H and O–H groups in total. The molecule has 0 fully saturated rings. The predicted molar refractivity (Wildman–Crippen MR) is 125 cm³/mol. The minimum absolute atomic E-state index is 0.0879. The van der Waals surface area contributed by atoms with Gasteiger partial charge in [-0.2, -0.15) is 5.10 Å². The first kappa shape index (κ1) is 24.0. The zero-order valence-corrected chi connectivity index (χ0v) is 19.0. The van der Waals surface area contributed by atoms with Gasteiger partial charge in [0.1, 0.15) is 12.6 Å². The number of rotatable bonds is 9. The van der Waals surface area contributed by atoms with E-state index in [1.54, 1.807) is 13.2 Å². The van der Waals surface area contributed by atoms with Crippen LogP contribution in [0.5, 0.6) is 0 Å². The number of aliphatic hydroxyl groups excluding tert-OH is 1. The highest BCUT2D eigenvalue weighted by molar-refractivity contribution is 5.87. The SMILES string of the molecule is Cn1cc(C(NC(=O)OCC2c3ccccc3-c3ccccc32)C(=O)NCC[C@H](O)C(=O)O)cn1. The molecule has 1 aliphatic rings. The van der Waals surface area contributed by atoms with Gasteiger partial charge in [0, 0.05) is 37.7 Å². The minimum Gasteiger partial charge on any atom is -0.479 e. The van der Waals surface area contributed by atoms with Crippen molar-refractivity contribution in [3.05, 3.63) is 77.6 Å². The molecule has 1 heterocycles. The average molecular weight is 479 g/mol. The fourth-order valence-corrected chi connectivity index (χ4v) is 4.21. The lowest BCUT2D eigenvalue weighted by atomic mass is 9.98. The standard InChI is InChI=1S/C25H26N4O6/c1-29-13-15(12-27-29)22(23(31)26-11-10-21(30)24(32)33)28-25(34)35-14-20-18-8-4-2-6-16(18)17-7-3-5-9-19(17)20/h2-9,12-13,20-22,30H,10-11,14H2,1H3,(H,26,31)(H,28,34)(H,32,33)/t21-,22?/m0/s1. The molecule has 0 aliphatic heterocycles. The molecular formula is C25H26N4O6. The quantitative estimate of drug-likeness (QED) is 0.368. The first-order valence-electron chi connectivity index (χ1n) is 11.1. The summed E-state index contributed by atoms with van der Waals surface area (Å²) < 4.78 is 7.04. The lowest BCUT2D eigenvalue weighted by Gasteiger charge is -2.19. The molecule has 0 saturated carbocycles. The normalized spacial score (nSPS) is 13.9. The van der Waals surface area contributed by atoms with Gasteiger partial charge >= 0.3 is 12.1 Å². The molecule has 3 aromatic rings. The molecule has 1 aliphatic carbocycles. The topological polar surface area (TPSA) is 143 Å². The van der Waals surface area contributed by atoms with Gasteiger partial charge < -0.3 is 25.6 Å². The lowest BCUT2D eigenvalue weighted by Crippen LogP contribution is -2.41. The van der Waals surface area contributed by atoms with E-state index in [0.717, 1.165) is 22.3 Å². The average Bonchev–Trinajstić information content (AvgIpc) is 3.42. The van der Waals surface area contributed by atoms with Crippen molar-refractivity contribution in [2.24, 2.45) is 7.05 Å². The summed E-state index contributed by atoms with van der Waals surface area (Å²) in [6.07, 6.45) is 0.482. The fourth-order valence-electron chi connectivity index (χ4n) is 4.21. The molecule has 2 aromatic carbocycles. The van der Waals surface area contributed by atoms with Gasteiger partial charge in [0.25, 0.3) is 0 Å². The van der Waals surface area contributed by atoms with Gasteiger partial charge in [-0.05, 0) is 22.3 Å². The van der Waals surface area contributed by atoms with Crippen LogP contribution < -0.4 is 10.6 Å². The maximum absolute atomic E-state index is 12.8. The Bertz CT molecular complexity index is 1190. The molecule has 2 atom stereocenters. The van der Waals surface area contributed by atoms with E-state index in [4.69, 9.17) is 9.84 Å². The van der Waals surface area contributed by atoms with Crippen molar-refractivity contribution in [1.82, 2.24) is 20.4 Å². The number of hydrogen-bond donors (Lipinski definition) is 4. The predicted octanol–water partition coefficient (Wildman–Crippen LogP) is 1.95. The molecule has 2 amide bonds. The number of benzene rings is 2. The lowest BCUT2D eigenvalue weighted by molar-refractivity contribution is -0.147. The highest BCUT2D eigenvalue weighted by Gasteiger charge is 2.30. The van der Waals surface area contributed by atoms with Crippen LogP contribution in [-0.4, -0.2) is 57.2 Å². The summed E-state index contributed by atoms with van der Waals surface area (Å²) >= 11 is 0. The van der Waals surface area contributed by atoms with Crippen molar-refractivity contribution in [3.63, 3.8) is 0 Å². The number of aliphatic hydroxyl groups is 1. The Balaban J connectivity index is 1.42. The first-order chi connectivity index (χ1) is 16.8. The molecule has 1 unspecified atom stereocenters. The fraction of sp³-hybridized carbons (Fsp3) is 0.280. The smallest absolute Gasteiger partial charge is 0.408 e. The third kappa shape index (κ3) is 5.33. The van der Waals surface area contributed by atoms with Gasteiger partial charge in [0.2, 0.25) is 5.91 Å². The van der Waals surface area contributed by atoms with Crippen LogP contribution in [0.25, 0.3) is 11.1 Å². The van der Waals surface area contributed by atoms with E-state index in [1.165, 1.54) is 10.9 Å². The molecule has 0 bridgehead atoms. The molecule has 182 valence electrons. The summed E-state index contributed by atoms with van der Waals surface area (Å²) in [5.41, 5.74) is 4.78. The third-order valence-electron chi connectivity index (χ3n) is 5.93. The van der Waals surface area contributed by atoms with Crippen molar-refractivity contribution in [2.75, 3.05) is 13.2 Å². The van der Waals surface area contributed by atoms with E-state index in [1.807, 2.05) is 48.5 Å². The second kappa shape index (κ2) is 10.4. The maximum atomic E-state index is 12.8. The summed E-state index contributed by atoms with van der Waals surface area (Å²) in [6.45, 7) is 0.00146.